The minimum atomic E-state index is -1.06. The van der Waals surface area contributed by atoms with Gasteiger partial charge in [0.05, 0.1) is 5.71 Å². The number of hydrogen-bond acceptors (Lipinski definition) is 5. The van der Waals surface area contributed by atoms with Crippen LogP contribution in [0.15, 0.2) is 35.6 Å². The number of anilines is 1. The Morgan fingerprint density at radius 3 is 2.91 bits per heavy atom. The number of thiazole rings is 1. The summed E-state index contributed by atoms with van der Waals surface area (Å²) in [4.78, 5) is 23.0. The number of amides is 1. The highest BCUT2D eigenvalue weighted by atomic mass is 35.5. The number of aromatic nitrogens is 1. The van der Waals surface area contributed by atoms with Gasteiger partial charge in [0, 0.05) is 28.1 Å². The number of carbonyl (C=O) groups excluding carboxylic acids is 1. The summed E-state index contributed by atoms with van der Waals surface area (Å²) in [5.74, 6) is -0.271. The van der Waals surface area contributed by atoms with Crippen molar-refractivity contribution >= 4 is 39.7 Å². The van der Waals surface area contributed by atoms with Crippen LogP contribution in [-0.2, 0) is 9.63 Å². The van der Waals surface area contributed by atoms with Crippen molar-refractivity contribution in [3.63, 3.8) is 0 Å². The molecule has 1 atom stereocenters. The Hall–Kier alpha value is -1.92. The molecule has 0 radical (unpaired) electrons. The molecule has 1 aliphatic rings. The fraction of sp³-hybridized carbons (Fsp3) is 0.267. The molecule has 0 fully saturated rings. The van der Waals surface area contributed by atoms with Crippen LogP contribution in [0.1, 0.15) is 23.8 Å². The zero-order chi connectivity index (χ0) is 15.7. The van der Waals surface area contributed by atoms with Crippen LogP contribution in [0.2, 0.25) is 5.02 Å². The highest BCUT2D eigenvalue weighted by Gasteiger charge is 2.42. The van der Waals surface area contributed by atoms with Gasteiger partial charge in [0.15, 0.2) is 5.13 Å². The fourth-order valence-electron chi connectivity index (χ4n) is 2.14. The monoisotopic (exact) mass is 335 g/mol. The molecule has 1 aromatic carbocycles. The average Bonchev–Trinajstić information content (AvgIpc) is 3.07. The normalized spacial score (nSPS) is 20.4. The quantitative estimate of drug-likeness (QED) is 0.931. The number of hydrogen-bond donors (Lipinski definition) is 1. The van der Waals surface area contributed by atoms with Gasteiger partial charge in [0.25, 0.3) is 5.91 Å². The number of rotatable bonds is 3. The summed E-state index contributed by atoms with van der Waals surface area (Å²) in [7, 11) is 0. The third-order valence-electron chi connectivity index (χ3n) is 3.37. The predicted molar refractivity (Wildman–Crippen MR) is 87.6 cm³/mol. The third-order valence-corrected chi connectivity index (χ3v) is 4.53. The van der Waals surface area contributed by atoms with Crippen LogP contribution >= 0.6 is 22.9 Å². The third kappa shape index (κ3) is 2.84. The van der Waals surface area contributed by atoms with E-state index in [-0.39, 0.29) is 5.91 Å². The van der Waals surface area contributed by atoms with Gasteiger partial charge in [-0.15, -0.1) is 11.3 Å². The van der Waals surface area contributed by atoms with Crippen LogP contribution in [0.4, 0.5) is 5.13 Å². The van der Waals surface area contributed by atoms with Crippen LogP contribution in [0, 0.1) is 6.92 Å². The lowest BCUT2D eigenvalue weighted by atomic mass is 9.95. The Morgan fingerprint density at radius 1 is 1.45 bits per heavy atom. The van der Waals surface area contributed by atoms with Gasteiger partial charge in [0.2, 0.25) is 5.60 Å². The summed E-state index contributed by atoms with van der Waals surface area (Å²) in [5.41, 5.74) is 0.387. The minimum absolute atomic E-state index is 0.271. The lowest BCUT2D eigenvalue weighted by Gasteiger charge is -2.19. The van der Waals surface area contributed by atoms with E-state index in [1.54, 1.807) is 19.2 Å². The molecule has 114 valence electrons. The molecule has 5 nitrogen and oxygen atoms in total. The van der Waals surface area contributed by atoms with Crippen LogP contribution in [0.25, 0.3) is 0 Å². The fourth-order valence-corrected chi connectivity index (χ4v) is 3.05. The van der Waals surface area contributed by atoms with Crippen molar-refractivity contribution in [1.29, 1.82) is 0 Å². The molecule has 2 heterocycles. The summed E-state index contributed by atoms with van der Waals surface area (Å²) in [6.07, 6.45) is 2.07. The van der Waals surface area contributed by atoms with Gasteiger partial charge >= 0.3 is 0 Å². The van der Waals surface area contributed by atoms with Gasteiger partial charge in [-0.05, 0) is 19.9 Å². The van der Waals surface area contributed by atoms with Crippen LogP contribution in [0.5, 0.6) is 0 Å². The van der Waals surface area contributed by atoms with E-state index in [9.17, 15) is 4.79 Å². The Balaban J connectivity index is 1.74. The molecule has 1 amide bonds. The Kier molecular flexibility index (Phi) is 3.88. The lowest BCUT2D eigenvalue weighted by molar-refractivity contribution is -0.135. The molecule has 0 spiro atoms. The topological polar surface area (TPSA) is 63.6 Å². The van der Waals surface area contributed by atoms with Gasteiger partial charge in [-0.2, -0.15) is 0 Å². The SMILES string of the molecule is Cc1cnc(NC(=O)[C@@]2(C)CC(c3ccccc3Cl)=NO2)s1. The van der Waals surface area contributed by atoms with E-state index >= 15 is 0 Å². The second-order valence-corrected chi connectivity index (χ2v) is 6.89. The summed E-state index contributed by atoms with van der Waals surface area (Å²) >= 11 is 7.58. The zero-order valence-electron chi connectivity index (χ0n) is 12.1. The maximum Gasteiger partial charge on any atom is 0.273 e. The smallest absolute Gasteiger partial charge is 0.273 e. The molecule has 2 aromatic rings. The van der Waals surface area contributed by atoms with E-state index in [1.807, 2.05) is 25.1 Å². The second-order valence-electron chi connectivity index (χ2n) is 5.25. The second kappa shape index (κ2) is 5.70. The van der Waals surface area contributed by atoms with E-state index in [0.717, 1.165) is 10.4 Å². The molecule has 0 aliphatic carbocycles. The number of halogens is 1. The molecule has 0 unspecified atom stereocenters. The lowest BCUT2D eigenvalue weighted by Crippen LogP contribution is -2.40. The first kappa shape index (κ1) is 15.0. The van der Waals surface area contributed by atoms with E-state index < -0.39 is 5.60 Å². The first-order chi connectivity index (χ1) is 10.5. The van der Waals surface area contributed by atoms with Crippen molar-refractivity contribution in [3.05, 3.63) is 45.9 Å². The molecular weight excluding hydrogens is 322 g/mol. The summed E-state index contributed by atoms with van der Waals surface area (Å²) in [6.45, 7) is 3.63. The largest absolute Gasteiger partial charge is 0.379 e. The maximum atomic E-state index is 12.4. The van der Waals surface area contributed by atoms with E-state index in [2.05, 4.69) is 15.5 Å². The molecule has 3 rings (SSSR count). The van der Waals surface area contributed by atoms with Gasteiger partial charge in [-0.25, -0.2) is 4.98 Å². The van der Waals surface area contributed by atoms with Crippen molar-refractivity contribution in [2.75, 3.05) is 5.32 Å². The van der Waals surface area contributed by atoms with Crippen molar-refractivity contribution < 1.29 is 9.63 Å². The van der Waals surface area contributed by atoms with E-state index in [1.165, 1.54) is 11.3 Å². The molecule has 1 aromatic heterocycles. The van der Waals surface area contributed by atoms with Crippen molar-refractivity contribution in [2.45, 2.75) is 25.9 Å². The summed E-state index contributed by atoms with van der Waals surface area (Å²) < 4.78 is 0. The van der Waals surface area contributed by atoms with E-state index in [0.29, 0.717) is 22.3 Å². The Morgan fingerprint density at radius 2 is 2.23 bits per heavy atom. The Bertz CT molecular complexity index is 759. The van der Waals surface area contributed by atoms with Gasteiger partial charge in [-0.1, -0.05) is 35.0 Å². The number of benzene rings is 1. The van der Waals surface area contributed by atoms with Gasteiger partial charge in [-0.3, -0.25) is 10.1 Å². The van der Waals surface area contributed by atoms with Gasteiger partial charge in [0.1, 0.15) is 0 Å². The molecule has 1 N–H and O–H groups in total. The predicted octanol–water partition coefficient (Wildman–Crippen LogP) is 3.63. The highest BCUT2D eigenvalue weighted by Crippen LogP contribution is 2.30. The van der Waals surface area contributed by atoms with Crippen LogP contribution < -0.4 is 5.32 Å². The molecule has 0 bridgehead atoms. The zero-order valence-corrected chi connectivity index (χ0v) is 13.7. The van der Waals surface area contributed by atoms with Crippen molar-refractivity contribution in [2.24, 2.45) is 5.16 Å². The number of nitrogens with zero attached hydrogens (tertiary/aromatic N) is 2. The van der Waals surface area contributed by atoms with E-state index in [4.69, 9.17) is 16.4 Å². The Labute approximate surface area is 137 Å². The molecule has 1 aliphatic heterocycles. The van der Waals surface area contributed by atoms with Gasteiger partial charge < -0.3 is 4.84 Å². The van der Waals surface area contributed by atoms with Crippen molar-refractivity contribution in [3.8, 4) is 0 Å². The highest BCUT2D eigenvalue weighted by molar-refractivity contribution is 7.15. The molecule has 0 saturated carbocycles. The van der Waals surface area contributed by atoms with Crippen molar-refractivity contribution in [1.82, 2.24) is 4.98 Å². The molecular formula is C15H14ClN3O2S. The standard InChI is InChI=1S/C15H14ClN3O2S/c1-9-8-17-14(22-9)18-13(20)15(2)7-12(19-21-15)10-5-3-4-6-11(10)16/h3-6,8H,7H2,1-2H3,(H,17,18,20)/t15-/m1/s1. The number of nitrogens with one attached hydrogen (secondary N) is 1. The number of carbonyl (C=O) groups is 1. The first-order valence-electron chi connectivity index (χ1n) is 6.72. The number of aryl methyl sites for hydroxylation is 1. The average molecular weight is 336 g/mol. The summed E-state index contributed by atoms with van der Waals surface area (Å²) in [6, 6.07) is 7.36. The summed E-state index contributed by atoms with van der Waals surface area (Å²) in [5, 5.41) is 7.95. The van der Waals surface area contributed by atoms with Crippen LogP contribution in [0.3, 0.4) is 0 Å². The molecule has 7 heteroatoms. The molecule has 0 saturated heterocycles. The molecule has 22 heavy (non-hydrogen) atoms. The maximum absolute atomic E-state index is 12.4. The van der Waals surface area contributed by atoms with Crippen LogP contribution in [-0.4, -0.2) is 22.2 Å². The minimum Gasteiger partial charge on any atom is -0.379 e. The number of oxime groups is 1. The first-order valence-corrected chi connectivity index (χ1v) is 7.91.